The van der Waals surface area contributed by atoms with Crippen LogP contribution in [-0.4, -0.2) is 15.8 Å². The summed E-state index contributed by atoms with van der Waals surface area (Å²) >= 11 is 12.7. The summed E-state index contributed by atoms with van der Waals surface area (Å²) in [7, 11) is 0. The fraction of sp³-hybridized carbons (Fsp3) is 0.231. The van der Waals surface area contributed by atoms with Crippen LogP contribution in [-0.2, 0) is 12.7 Å². The lowest BCUT2D eigenvalue weighted by Crippen LogP contribution is -2.26. The third kappa shape index (κ3) is 3.97. The monoisotopic (exact) mass is 368 g/mol. The lowest BCUT2D eigenvalue weighted by atomic mass is 10.2. The Morgan fingerprint density at radius 3 is 2.27 bits per heavy atom. The molecule has 2 aromatic rings. The molecule has 0 aliphatic heterocycles. The second kappa shape index (κ2) is 6.52. The Bertz CT molecular complexity index is 742. The molecule has 0 aliphatic carbocycles. The van der Waals surface area contributed by atoms with Gasteiger partial charge in [0.05, 0.1) is 6.54 Å². The van der Waals surface area contributed by atoms with Gasteiger partial charge in [0.15, 0.2) is 10.9 Å². The van der Waals surface area contributed by atoms with Gasteiger partial charge in [0.1, 0.15) is 0 Å². The summed E-state index contributed by atoms with van der Waals surface area (Å²) < 4.78 is 39.2. The van der Waals surface area contributed by atoms with E-state index in [1.807, 2.05) is 0 Å². The van der Waals surface area contributed by atoms with E-state index in [0.29, 0.717) is 21.7 Å². The molecule has 0 atom stereocenters. The Kier molecular flexibility index (Phi) is 5.09. The number of hydrogen-bond acceptors (Lipinski definition) is 3. The van der Waals surface area contributed by atoms with E-state index in [1.54, 1.807) is 18.4 Å². The maximum Gasteiger partial charge on any atom is 0.433 e. The Labute approximate surface area is 138 Å². The summed E-state index contributed by atoms with van der Waals surface area (Å²) in [5, 5.41) is 0.721. The second-order valence-electron chi connectivity index (χ2n) is 4.33. The molecular formula is C13H9Cl2F3N2OS. The van der Waals surface area contributed by atoms with Crippen LogP contribution >= 0.6 is 35.0 Å². The molecule has 0 N–H and O–H groups in total. The van der Waals surface area contributed by atoms with Crippen molar-refractivity contribution in [3.8, 4) is 0 Å². The van der Waals surface area contributed by atoms with Crippen LogP contribution in [0.4, 0.5) is 13.2 Å². The molecule has 0 saturated heterocycles. The number of nitrogens with zero attached hydrogens (tertiary/aromatic N) is 2. The lowest BCUT2D eigenvalue weighted by molar-refractivity contribution is -0.141. The molecule has 0 amide bonds. The van der Waals surface area contributed by atoms with Gasteiger partial charge in [-0.3, -0.25) is 9.36 Å². The molecule has 0 bridgehead atoms. The number of rotatable bonds is 3. The highest BCUT2D eigenvalue weighted by Gasteiger charge is 2.34. The van der Waals surface area contributed by atoms with Crippen LogP contribution in [0.1, 0.15) is 11.3 Å². The highest BCUT2D eigenvalue weighted by molar-refractivity contribution is 7.98. The molecule has 1 heterocycles. The van der Waals surface area contributed by atoms with Gasteiger partial charge in [0.2, 0.25) is 0 Å². The van der Waals surface area contributed by atoms with E-state index in [-0.39, 0.29) is 11.7 Å². The standard InChI is InChI=1S/C13H9Cl2F3N2OS/c1-22-12-19-10(13(16,17)18)5-11(21)20(12)6-7-2-8(14)4-9(15)3-7/h2-5H,6H2,1H3. The summed E-state index contributed by atoms with van der Waals surface area (Å²) in [4.78, 5) is 15.5. The van der Waals surface area contributed by atoms with Crippen molar-refractivity contribution in [1.29, 1.82) is 0 Å². The first-order chi connectivity index (χ1) is 10.2. The Morgan fingerprint density at radius 2 is 1.77 bits per heavy atom. The van der Waals surface area contributed by atoms with E-state index in [9.17, 15) is 18.0 Å². The van der Waals surface area contributed by atoms with Gasteiger partial charge < -0.3 is 0 Å². The first-order valence-corrected chi connectivity index (χ1v) is 7.87. The molecule has 2 rings (SSSR count). The first-order valence-electron chi connectivity index (χ1n) is 5.89. The number of alkyl halides is 3. The van der Waals surface area contributed by atoms with Crippen LogP contribution < -0.4 is 5.56 Å². The molecule has 9 heteroatoms. The van der Waals surface area contributed by atoms with E-state index in [0.717, 1.165) is 16.3 Å². The van der Waals surface area contributed by atoms with Crippen LogP contribution in [0.2, 0.25) is 10.0 Å². The summed E-state index contributed by atoms with van der Waals surface area (Å²) in [6.45, 7) is 0.0282. The molecule has 0 spiro atoms. The van der Waals surface area contributed by atoms with E-state index < -0.39 is 17.4 Å². The molecule has 0 fully saturated rings. The largest absolute Gasteiger partial charge is 0.433 e. The van der Waals surface area contributed by atoms with Crippen molar-refractivity contribution in [3.05, 3.63) is 55.9 Å². The second-order valence-corrected chi connectivity index (χ2v) is 5.97. The van der Waals surface area contributed by atoms with Crippen molar-refractivity contribution in [2.24, 2.45) is 0 Å². The number of benzene rings is 1. The van der Waals surface area contributed by atoms with Crippen molar-refractivity contribution < 1.29 is 13.2 Å². The SMILES string of the molecule is CSc1nc(C(F)(F)F)cc(=O)n1Cc1cc(Cl)cc(Cl)c1. The summed E-state index contributed by atoms with van der Waals surface area (Å²) in [5.41, 5.74) is -1.40. The van der Waals surface area contributed by atoms with E-state index in [4.69, 9.17) is 23.2 Å². The number of halogens is 5. The molecule has 0 aliphatic rings. The molecule has 1 aromatic carbocycles. The minimum atomic E-state index is -4.66. The van der Waals surface area contributed by atoms with Crippen LogP contribution in [0.3, 0.4) is 0 Å². The van der Waals surface area contributed by atoms with Gasteiger partial charge in [-0.2, -0.15) is 13.2 Å². The van der Waals surface area contributed by atoms with Gasteiger partial charge in [-0.05, 0) is 30.0 Å². The minimum Gasteiger partial charge on any atom is -0.283 e. The fourth-order valence-electron chi connectivity index (χ4n) is 1.82. The third-order valence-electron chi connectivity index (χ3n) is 2.71. The smallest absolute Gasteiger partial charge is 0.283 e. The lowest BCUT2D eigenvalue weighted by Gasteiger charge is -2.13. The fourth-order valence-corrected chi connectivity index (χ4v) is 2.95. The molecule has 3 nitrogen and oxygen atoms in total. The van der Waals surface area contributed by atoms with E-state index in [1.165, 1.54) is 6.07 Å². The Balaban J connectivity index is 2.49. The maximum absolute atomic E-state index is 12.7. The molecule has 0 saturated carbocycles. The zero-order chi connectivity index (χ0) is 16.5. The molecule has 0 unspecified atom stereocenters. The van der Waals surface area contributed by atoms with Crippen molar-refractivity contribution in [1.82, 2.24) is 9.55 Å². The highest BCUT2D eigenvalue weighted by Crippen LogP contribution is 2.28. The molecule has 22 heavy (non-hydrogen) atoms. The number of aromatic nitrogens is 2. The van der Waals surface area contributed by atoms with Crippen molar-refractivity contribution >= 4 is 35.0 Å². The quantitative estimate of drug-likeness (QED) is 0.597. The van der Waals surface area contributed by atoms with Gasteiger partial charge >= 0.3 is 6.18 Å². The summed E-state index contributed by atoms with van der Waals surface area (Å²) in [6, 6.07) is 5.17. The normalized spacial score (nSPS) is 11.7. The van der Waals surface area contributed by atoms with Crippen molar-refractivity contribution in [3.63, 3.8) is 0 Å². The van der Waals surface area contributed by atoms with Crippen LogP contribution in [0.15, 0.2) is 34.2 Å². The molecule has 1 aromatic heterocycles. The summed E-state index contributed by atoms with van der Waals surface area (Å²) in [5.74, 6) is 0. The average molecular weight is 369 g/mol. The number of thioether (sulfide) groups is 1. The highest BCUT2D eigenvalue weighted by atomic mass is 35.5. The molecular weight excluding hydrogens is 360 g/mol. The van der Waals surface area contributed by atoms with Gasteiger partial charge in [-0.1, -0.05) is 35.0 Å². The zero-order valence-corrected chi connectivity index (χ0v) is 13.4. The first kappa shape index (κ1) is 17.2. The van der Waals surface area contributed by atoms with Gasteiger partial charge in [-0.15, -0.1) is 0 Å². The topological polar surface area (TPSA) is 34.9 Å². The average Bonchev–Trinajstić information content (AvgIpc) is 2.38. The molecule has 0 radical (unpaired) electrons. The third-order valence-corrected chi connectivity index (χ3v) is 3.82. The molecule has 118 valence electrons. The van der Waals surface area contributed by atoms with Crippen LogP contribution in [0, 0.1) is 0 Å². The van der Waals surface area contributed by atoms with E-state index in [2.05, 4.69) is 4.98 Å². The van der Waals surface area contributed by atoms with Crippen LogP contribution in [0.5, 0.6) is 0 Å². The van der Waals surface area contributed by atoms with Gasteiger partial charge in [0, 0.05) is 16.1 Å². The maximum atomic E-state index is 12.7. The predicted octanol–water partition coefficient (Wildman–Crippen LogP) is 4.34. The Hall–Kier alpha value is -1.18. The van der Waals surface area contributed by atoms with Gasteiger partial charge in [-0.25, -0.2) is 4.98 Å². The van der Waals surface area contributed by atoms with Gasteiger partial charge in [0.25, 0.3) is 5.56 Å². The van der Waals surface area contributed by atoms with Crippen LogP contribution in [0.25, 0.3) is 0 Å². The van der Waals surface area contributed by atoms with E-state index >= 15 is 0 Å². The van der Waals surface area contributed by atoms with Crippen molar-refractivity contribution in [2.75, 3.05) is 6.26 Å². The summed E-state index contributed by atoms with van der Waals surface area (Å²) in [6.07, 6.45) is -3.12. The Morgan fingerprint density at radius 1 is 1.18 bits per heavy atom. The zero-order valence-electron chi connectivity index (χ0n) is 11.1. The minimum absolute atomic E-state index is 0.0282. The predicted molar refractivity (Wildman–Crippen MR) is 80.8 cm³/mol. The van der Waals surface area contributed by atoms with Crippen molar-refractivity contribution in [2.45, 2.75) is 17.9 Å². The number of hydrogen-bond donors (Lipinski definition) is 0.